The minimum atomic E-state index is -3.13. The Morgan fingerprint density at radius 3 is 0.315 bits per heavy atom. The Hall–Kier alpha value is 0.150. The van der Waals surface area contributed by atoms with E-state index in [1.165, 1.54) is 257 Å². The van der Waals surface area contributed by atoms with Gasteiger partial charge in [0.25, 0.3) is 0 Å². The molecule has 0 saturated carbocycles. The van der Waals surface area contributed by atoms with Crippen molar-refractivity contribution in [1.29, 1.82) is 0 Å². The van der Waals surface area contributed by atoms with E-state index < -0.39 is 8.25 Å². The zero-order valence-corrected chi connectivity index (χ0v) is 41.1. The molecule has 0 fully saturated rings. The van der Waals surface area contributed by atoms with E-state index in [2.05, 4.69) is 69.2 Å². The van der Waals surface area contributed by atoms with Crippen LogP contribution in [0.3, 0.4) is 0 Å². The predicted molar refractivity (Wildman–Crippen MR) is 255 cm³/mol. The predicted octanol–water partition coefficient (Wildman–Crippen LogP) is 20.1. The van der Waals surface area contributed by atoms with Gasteiger partial charge in [-0.25, -0.2) is 0 Å². The quantitative estimate of drug-likeness (QED) is 0.0496. The Labute approximate surface area is 347 Å². The van der Waals surface area contributed by atoms with Gasteiger partial charge < -0.3 is 9.79 Å². The molecule has 4 heteroatoms. The molecule has 0 rings (SSSR count). The van der Waals surface area contributed by atoms with E-state index >= 15 is 0 Å². The maximum Gasteiger partial charge on any atom is 0.314 e. The molecule has 336 valence electrons. The van der Waals surface area contributed by atoms with E-state index in [9.17, 15) is 0 Å². The van der Waals surface area contributed by atoms with Crippen LogP contribution < -0.4 is 0 Å². The van der Waals surface area contributed by atoms with Crippen molar-refractivity contribution in [3.63, 3.8) is 0 Å². The van der Waals surface area contributed by atoms with E-state index in [0.717, 1.165) is 0 Å². The summed E-state index contributed by atoms with van der Waals surface area (Å²) in [6.07, 6.45) is 57.3. The van der Waals surface area contributed by atoms with Crippen LogP contribution in [0, 0.1) is 0 Å². The largest absolute Gasteiger partial charge is 0.326 e. The van der Waals surface area contributed by atoms with Crippen molar-refractivity contribution < 1.29 is 14.4 Å². The Morgan fingerprint density at radius 2 is 0.259 bits per heavy atom. The van der Waals surface area contributed by atoms with E-state index in [4.69, 9.17) is 14.4 Å². The molecule has 0 aliphatic rings. The fourth-order valence-electron chi connectivity index (χ4n) is 6.04. The first kappa shape index (κ1) is 66.0. The lowest BCUT2D eigenvalue weighted by molar-refractivity contribution is 0.405. The van der Waals surface area contributed by atoms with Crippen molar-refractivity contribution >= 4 is 8.25 Å². The number of hydrogen-bond donors (Lipinski definition) is 2. The first-order valence-electron chi connectivity index (χ1n) is 25.2. The van der Waals surface area contributed by atoms with Crippen LogP contribution in [-0.2, 0) is 4.57 Å². The standard InChI is InChI=1S/5C10H22.H3O3P/c5*1-3-5-7-9-10-8-6-4-2;1-4(2)3/h5*3-10H2,1-2H3;4H,(H2,1,2,3). The molecule has 0 aromatic carbocycles. The molecule has 0 aromatic rings. The first-order valence-corrected chi connectivity index (χ1v) is 26.5. The Balaban J connectivity index is -0.000000130. The van der Waals surface area contributed by atoms with Gasteiger partial charge in [0.1, 0.15) is 0 Å². The molecular formula is C50H113O3P. The zero-order chi connectivity index (χ0) is 41.9. The second-order valence-electron chi connectivity index (χ2n) is 15.9. The maximum absolute atomic E-state index is 8.74. The van der Waals surface area contributed by atoms with Gasteiger partial charge in [0.05, 0.1) is 0 Å². The minimum absolute atomic E-state index is 1.37. The highest BCUT2D eigenvalue weighted by Gasteiger charge is 1.91. The van der Waals surface area contributed by atoms with Crippen LogP contribution in [0.25, 0.3) is 0 Å². The van der Waals surface area contributed by atoms with Crippen molar-refractivity contribution in [2.75, 3.05) is 0 Å². The van der Waals surface area contributed by atoms with Gasteiger partial charge in [-0.1, -0.05) is 326 Å². The number of rotatable bonds is 35. The smallest absolute Gasteiger partial charge is 0.314 e. The second-order valence-corrected chi connectivity index (χ2v) is 16.5. The molecule has 0 radical (unpaired) electrons. The van der Waals surface area contributed by atoms with E-state index in [1.807, 2.05) is 0 Å². The summed E-state index contributed by atoms with van der Waals surface area (Å²) in [4.78, 5) is 14.3. The van der Waals surface area contributed by atoms with Gasteiger partial charge >= 0.3 is 8.25 Å². The number of unbranched alkanes of at least 4 members (excludes halogenated alkanes) is 35. The van der Waals surface area contributed by atoms with Crippen LogP contribution >= 0.6 is 8.25 Å². The van der Waals surface area contributed by atoms with E-state index in [1.54, 1.807) is 0 Å². The Morgan fingerprint density at radius 1 is 0.204 bits per heavy atom. The lowest BCUT2D eigenvalue weighted by Gasteiger charge is -1.97. The molecule has 0 saturated heterocycles. The molecule has 0 aromatic heterocycles. The van der Waals surface area contributed by atoms with Crippen molar-refractivity contribution in [2.24, 2.45) is 0 Å². The van der Waals surface area contributed by atoms with Gasteiger partial charge in [0.2, 0.25) is 0 Å². The van der Waals surface area contributed by atoms with Gasteiger partial charge in [-0.3, -0.25) is 4.57 Å². The molecule has 54 heavy (non-hydrogen) atoms. The van der Waals surface area contributed by atoms with Crippen molar-refractivity contribution in [3.8, 4) is 0 Å². The van der Waals surface area contributed by atoms with Crippen LogP contribution in [-0.4, -0.2) is 9.79 Å². The minimum Gasteiger partial charge on any atom is -0.326 e. The van der Waals surface area contributed by atoms with Crippen LogP contribution in [0.15, 0.2) is 0 Å². The molecular weight excluding hydrogens is 680 g/mol. The van der Waals surface area contributed by atoms with Crippen molar-refractivity contribution in [1.82, 2.24) is 0 Å². The normalized spacial score (nSPS) is 10.1. The third kappa shape index (κ3) is 110. The monoisotopic (exact) mass is 793 g/mol. The summed E-state index contributed by atoms with van der Waals surface area (Å²) in [5.41, 5.74) is 0. The summed E-state index contributed by atoms with van der Waals surface area (Å²) >= 11 is 0. The summed E-state index contributed by atoms with van der Waals surface area (Å²) in [6, 6.07) is 0. The average molecular weight is 793 g/mol. The van der Waals surface area contributed by atoms with Crippen LogP contribution in [0.5, 0.6) is 0 Å². The van der Waals surface area contributed by atoms with Crippen LogP contribution in [0.1, 0.15) is 326 Å². The molecule has 0 spiro atoms. The molecule has 0 unspecified atom stereocenters. The lowest BCUT2D eigenvalue weighted by Crippen LogP contribution is -1.77. The SMILES string of the molecule is CCCCCCCCCC.CCCCCCCCCC.CCCCCCCCCC.CCCCCCCCCC.CCCCCCCCCC.O=[PH](O)O. The molecule has 0 heterocycles. The number of hydrogen-bond acceptors (Lipinski definition) is 1. The molecule has 0 atom stereocenters. The fourth-order valence-corrected chi connectivity index (χ4v) is 6.04. The van der Waals surface area contributed by atoms with Crippen molar-refractivity contribution in [2.45, 2.75) is 326 Å². The summed E-state index contributed by atoms with van der Waals surface area (Å²) < 4.78 is 8.74. The Kier molecular flexibility index (Phi) is 94.9. The molecule has 2 N–H and O–H groups in total. The third-order valence-electron chi connectivity index (χ3n) is 9.79. The highest BCUT2D eigenvalue weighted by molar-refractivity contribution is 7.30. The second kappa shape index (κ2) is 77.6. The Bertz CT molecular complexity index is 391. The highest BCUT2D eigenvalue weighted by Crippen LogP contribution is 2.11. The topological polar surface area (TPSA) is 57.5 Å². The van der Waals surface area contributed by atoms with Crippen LogP contribution in [0.2, 0.25) is 0 Å². The lowest BCUT2D eigenvalue weighted by atomic mass is 10.1. The van der Waals surface area contributed by atoms with E-state index in [-0.39, 0.29) is 0 Å². The summed E-state index contributed by atoms with van der Waals surface area (Å²) in [6.45, 7) is 22.7. The molecule has 0 aliphatic heterocycles. The summed E-state index contributed by atoms with van der Waals surface area (Å²) in [7, 11) is -3.13. The summed E-state index contributed by atoms with van der Waals surface area (Å²) in [5, 5.41) is 0. The zero-order valence-electron chi connectivity index (χ0n) is 40.1. The van der Waals surface area contributed by atoms with Gasteiger partial charge in [-0.15, -0.1) is 0 Å². The third-order valence-corrected chi connectivity index (χ3v) is 9.79. The summed E-state index contributed by atoms with van der Waals surface area (Å²) in [5.74, 6) is 0. The molecule has 0 bridgehead atoms. The van der Waals surface area contributed by atoms with Crippen LogP contribution in [0.4, 0.5) is 0 Å². The maximum atomic E-state index is 8.74. The first-order chi connectivity index (χ1) is 26.3. The van der Waals surface area contributed by atoms with Gasteiger partial charge in [-0.05, 0) is 0 Å². The highest BCUT2D eigenvalue weighted by atomic mass is 31.1. The average Bonchev–Trinajstić information content (AvgIpc) is 3.16. The van der Waals surface area contributed by atoms with Crippen molar-refractivity contribution in [3.05, 3.63) is 0 Å². The molecule has 0 amide bonds. The van der Waals surface area contributed by atoms with Gasteiger partial charge in [0, 0.05) is 0 Å². The van der Waals surface area contributed by atoms with E-state index in [0.29, 0.717) is 0 Å². The fraction of sp³-hybridized carbons (Fsp3) is 1.00. The molecule has 3 nitrogen and oxygen atoms in total. The van der Waals surface area contributed by atoms with Gasteiger partial charge in [0.15, 0.2) is 0 Å². The molecule has 0 aliphatic carbocycles. The van der Waals surface area contributed by atoms with Gasteiger partial charge in [-0.2, -0.15) is 0 Å².